The highest BCUT2D eigenvalue weighted by molar-refractivity contribution is 6.08. The van der Waals surface area contributed by atoms with E-state index in [2.05, 4.69) is 131 Å². The number of aromatic hydroxyl groups is 2. The minimum atomic E-state index is -1.22. The zero-order valence-electron chi connectivity index (χ0n) is 38.1. The first-order valence-electron chi connectivity index (χ1n) is 21.7. The largest absolute Gasteiger partial charge is 0.494 e. The van der Waals surface area contributed by atoms with E-state index in [1.54, 1.807) is 7.05 Å². The van der Waals surface area contributed by atoms with Crippen LogP contribution < -0.4 is 0 Å². The number of hydrogen-bond donors (Lipinski definition) is 2. The summed E-state index contributed by atoms with van der Waals surface area (Å²) in [6, 6.07) is 20.5. The summed E-state index contributed by atoms with van der Waals surface area (Å²) in [6.45, 7) is 28.7. The zero-order chi connectivity index (χ0) is 42.7. The third-order valence-corrected chi connectivity index (χ3v) is 17.1. The number of rotatable bonds is 14. The number of carbonyl (C=O) groups excluding carboxylic acids is 2. The molecule has 3 heterocycles. The van der Waals surface area contributed by atoms with Crippen LogP contribution in [0.2, 0.25) is 0 Å². The second kappa shape index (κ2) is 15.2. The smallest absolute Gasteiger partial charge is 0.236 e. The van der Waals surface area contributed by atoms with Crippen molar-refractivity contribution in [1.82, 2.24) is 14.4 Å². The molecule has 2 aliphatic rings. The number of aromatic nitrogens is 1. The van der Waals surface area contributed by atoms with Gasteiger partial charge in [0.2, 0.25) is 11.8 Å². The summed E-state index contributed by atoms with van der Waals surface area (Å²) in [5, 5.41) is 25.4. The fourth-order valence-corrected chi connectivity index (χ4v) is 11.6. The Morgan fingerprint density at radius 3 is 1.63 bits per heavy atom. The van der Waals surface area contributed by atoms with Crippen molar-refractivity contribution in [2.75, 3.05) is 14.1 Å². The van der Waals surface area contributed by atoms with Gasteiger partial charge in [0.05, 0.1) is 11.3 Å². The van der Waals surface area contributed by atoms with E-state index >= 15 is 4.79 Å². The van der Waals surface area contributed by atoms with Crippen LogP contribution in [0.5, 0.6) is 11.8 Å². The fraction of sp³-hybridized carbons (Fsp3) is 0.640. The van der Waals surface area contributed by atoms with E-state index in [1.165, 1.54) is 10.5 Å². The van der Waals surface area contributed by atoms with Gasteiger partial charge in [0, 0.05) is 40.7 Å². The van der Waals surface area contributed by atoms with Crippen molar-refractivity contribution in [3.8, 4) is 11.8 Å². The Bertz CT molecular complexity index is 1900. The summed E-state index contributed by atoms with van der Waals surface area (Å²) in [5.41, 5.74) is -0.131. The number of hydrogen-bond acceptors (Lipinski definition) is 5. The van der Waals surface area contributed by atoms with Crippen LogP contribution >= 0.6 is 0 Å². The molecule has 0 spiro atoms. The van der Waals surface area contributed by atoms with Crippen molar-refractivity contribution in [1.29, 1.82) is 0 Å². The lowest BCUT2D eigenvalue weighted by molar-refractivity contribution is -0.141. The monoisotopic (exact) mass is 782 g/mol. The van der Waals surface area contributed by atoms with E-state index in [9.17, 15) is 15.0 Å². The molecule has 57 heavy (non-hydrogen) atoms. The van der Waals surface area contributed by atoms with E-state index in [4.69, 9.17) is 0 Å². The molecule has 3 aromatic rings. The number of imide groups is 1. The van der Waals surface area contributed by atoms with Crippen LogP contribution in [0.25, 0.3) is 0 Å². The highest BCUT2D eigenvalue weighted by Gasteiger charge is 2.66. The average Bonchev–Trinajstić information content (AvgIpc) is 3.53. The van der Waals surface area contributed by atoms with Gasteiger partial charge in [-0.25, -0.2) is 0 Å². The van der Waals surface area contributed by atoms with Crippen LogP contribution in [0.15, 0.2) is 60.7 Å². The van der Waals surface area contributed by atoms with Crippen LogP contribution in [0, 0.1) is 16.7 Å². The molecule has 0 saturated carbocycles. The fourth-order valence-electron chi connectivity index (χ4n) is 11.6. The van der Waals surface area contributed by atoms with E-state index in [1.807, 2.05) is 35.8 Å². The highest BCUT2D eigenvalue weighted by atomic mass is 16.3. The maximum absolute atomic E-state index is 15.2. The first-order chi connectivity index (χ1) is 26.4. The van der Waals surface area contributed by atoms with Gasteiger partial charge in [0.1, 0.15) is 0 Å². The SMILES string of the molecule is CCC(C)(CC)c1c(CC(C)(c2ccccc2)C2(C)C(=O)N(C)C(=O)C2CC(C)(c2ccccc2)C(C)(CC)CC)c(O)n(C2CC(C)(C)N(C)C(C)(C)C2)c1O. The minimum Gasteiger partial charge on any atom is -0.494 e. The molecule has 0 aliphatic carbocycles. The number of benzene rings is 2. The quantitative estimate of drug-likeness (QED) is 0.159. The molecule has 4 atom stereocenters. The Labute approximate surface area is 345 Å². The van der Waals surface area contributed by atoms with Crippen molar-refractivity contribution in [3.05, 3.63) is 82.9 Å². The standard InChI is InChI=1S/C50H75N3O4/c1-16-46(9,17-2)39-37(40(54)53(42(39)56)36-30-44(5,6)52(15)45(7,8)31-36)32-49(12,35-28-24-21-25-29-35)50(13)38(41(55)51(14)43(50)57)33-48(11,47(10,18-3)19-4)34-26-22-20-23-27-34/h20-29,36,38,54,56H,16-19,30-33H2,1-15H3. The molecule has 4 unspecified atom stereocenters. The van der Waals surface area contributed by atoms with Gasteiger partial charge < -0.3 is 10.2 Å². The minimum absolute atomic E-state index is 0.0721. The maximum Gasteiger partial charge on any atom is 0.236 e. The predicted octanol–water partition coefficient (Wildman–Crippen LogP) is 11.1. The average molecular weight is 782 g/mol. The summed E-state index contributed by atoms with van der Waals surface area (Å²) in [6.07, 6.45) is 5.56. The van der Waals surface area contributed by atoms with Crippen molar-refractivity contribution < 1.29 is 19.8 Å². The Hall–Kier alpha value is -3.58. The molecule has 5 rings (SSSR count). The lowest BCUT2D eigenvalue weighted by atomic mass is 9.49. The highest BCUT2D eigenvalue weighted by Crippen LogP contribution is 2.61. The summed E-state index contributed by atoms with van der Waals surface area (Å²) < 4.78 is 1.82. The van der Waals surface area contributed by atoms with Crippen molar-refractivity contribution in [2.24, 2.45) is 16.7 Å². The molecule has 2 amide bonds. The number of likely N-dealkylation sites (tertiary alicyclic amines) is 2. The number of piperidine rings is 1. The molecule has 0 bridgehead atoms. The van der Waals surface area contributed by atoms with Crippen LogP contribution in [-0.4, -0.2) is 61.6 Å². The Morgan fingerprint density at radius 2 is 1.18 bits per heavy atom. The molecule has 7 heteroatoms. The van der Waals surface area contributed by atoms with Gasteiger partial charge in [0.25, 0.3) is 0 Å². The molecule has 7 nitrogen and oxygen atoms in total. The van der Waals surface area contributed by atoms with Crippen LogP contribution in [0.1, 0.15) is 163 Å². The molecule has 2 N–H and O–H groups in total. The molecule has 2 aromatic carbocycles. The van der Waals surface area contributed by atoms with Crippen molar-refractivity contribution in [3.63, 3.8) is 0 Å². The Kier molecular flexibility index (Phi) is 11.9. The number of carbonyl (C=O) groups is 2. The molecule has 314 valence electrons. The Morgan fingerprint density at radius 1 is 0.702 bits per heavy atom. The maximum atomic E-state index is 15.2. The molecule has 2 saturated heterocycles. The first kappa shape index (κ1) is 44.5. The normalized spacial score (nSPS) is 24.1. The lowest BCUT2D eigenvalue weighted by Crippen LogP contribution is -2.58. The van der Waals surface area contributed by atoms with Gasteiger partial charge in [-0.15, -0.1) is 0 Å². The van der Waals surface area contributed by atoms with E-state index in [0.717, 1.165) is 49.7 Å². The van der Waals surface area contributed by atoms with Crippen LogP contribution in [0.4, 0.5) is 0 Å². The number of nitrogens with zero attached hydrogens (tertiary/aromatic N) is 3. The third-order valence-electron chi connectivity index (χ3n) is 17.1. The molecular formula is C50H75N3O4. The second-order valence-electron chi connectivity index (χ2n) is 20.4. The van der Waals surface area contributed by atoms with E-state index in [0.29, 0.717) is 12.0 Å². The van der Waals surface area contributed by atoms with Crippen LogP contribution in [-0.2, 0) is 32.3 Å². The van der Waals surface area contributed by atoms with Crippen LogP contribution in [0.3, 0.4) is 0 Å². The van der Waals surface area contributed by atoms with E-state index < -0.39 is 27.6 Å². The Balaban J connectivity index is 1.81. The predicted molar refractivity (Wildman–Crippen MR) is 234 cm³/mol. The summed E-state index contributed by atoms with van der Waals surface area (Å²) in [7, 11) is 3.81. The van der Waals surface area contributed by atoms with Gasteiger partial charge in [-0.2, -0.15) is 0 Å². The molecule has 1 aromatic heterocycles. The lowest BCUT2D eigenvalue weighted by Gasteiger charge is -2.54. The van der Waals surface area contributed by atoms with Gasteiger partial charge in [0.15, 0.2) is 11.8 Å². The first-order valence-corrected chi connectivity index (χ1v) is 21.7. The molecular weight excluding hydrogens is 707 g/mol. The van der Waals surface area contributed by atoms with E-state index in [-0.39, 0.29) is 52.5 Å². The van der Waals surface area contributed by atoms with Gasteiger partial charge in [-0.3, -0.25) is 24.0 Å². The van der Waals surface area contributed by atoms with Gasteiger partial charge in [-0.05, 0) is 120 Å². The van der Waals surface area contributed by atoms with Crippen molar-refractivity contribution in [2.45, 2.75) is 175 Å². The third kappa shape index (κ3) is 6.76. The zero-order valence-corrected chi connectivity index (χ0v) is 38.1. The molecule has 2 fully saturated rings. The summed E-state index contributed by atoms with van der Waals surface area (Å²) in [4.78, 5) is 33.9. The second-order valence-corrected chi connectivity index (χ2v) is 20.4. The topological polar surface area (TPSA) is 86.0 Å². The summed E-state index contributed by atoms with van der Waals surface area (Å²) in [5.74, 6) is -0.831. The number of amides is 2. The van der Waals surface area contributed by atoms with Gasteiger partial charge >= 0.3 is 0 Å². The van der Waals surface area contributed by atoms with Crippen molar-refractivity contribution >= 4 is 11.8 Å². The molecule has 0 radical (unpaired) electrons. The van der Waals surface area contributed by atoms with Gasteiger partial charge in [-0.1, -0.05) is 116 Å². The molecule has 2 aliphatic heterocycles. The summed E-state index contributed by atoms with van der Waals surface area (Å²) >= 11 is 0.